The molecule has 2 nitrogen and oxygen atoms in total. The number of anilines is 1. The third-order valence-corrected chi connectivity index (χ3v) is 4.05. The predicted molar refractivity (Wildman–Crippen MR) is 81.8 cm³/mol. The zero-order valence-corrected chi connectivity index (χ0v) is 12.2. The van der Waals surface area contributed by atoms with Crippen LogP contribution >= 0.6 is 11.3 Å². The van der Waals surface area contributed by atoms with Gasteiger partial charge in [-0.15, -0.1) is 0 Å². The van der Waals surface area contributed by atoms with Gasteiger partial charge in [-0.3, -0.25) is 4.79 Å². The van der Waals surface area contributed by atoms with E-state index in [-0.39, 0.29) is 5.91 Å². The molecule has 2 rings (SSSR count). The Kier molecular flexibility index (Phi) is 4.74. The molecule has 1 atom stereocenters. The maximum atomic E-state index is 11.8. The lowest BCUT2D eigenvalue weighted by molar-refractivity contribution is -0.115. The van der Waals surface area contributed by atoms with Gasteiger partial charge in [-0.1, -0.05) is 26.0 Å². The van der Waals surface area contributed by atoms with Crippen molar-refractivity contribution in [1.29, 1.82) is 0 Å². The third-order valence-electron chi connectivity index (χ3n) is 3.32. The lowest BCUT2D eigenvalue weighted by atomic mass is 9.99. The fraction of sp³-hybridized carbons (Fsp3) is 0.312. The second-order valence-electron chi connectivity index (χ2n) is 4.79. The summed E-state index contributed by atoms with van der Waals surface area (Å²) >= 11 is 1.62. The monoisotopic (exact) mass is 273 g/mol. The number of amides is 1. The molecule has 0 saturated heterocycles. The van der Waals surface area contributed by atoms with Gasteiger partial charge < -0.3 is 5.32 Å². The zero-order chi connectivity index (χ0) is 13.7. The van der Waals surface area contributed by atoms with Crippen molar-refractivity contribution in [3.8, 4) is 0 Å². The van der Waals surface area contributed by atoms with Gasteiger partial charge in [-0.25, -0.2) is 0 Å². The SMILES string of the molecule is CC[C@H](C)c1ccc(NC(=O)Cc2ccsc2)cc1. The molecular formula is C16H19NOS. The van der Waals surface area contributed by atoms with Crippen LogP contribution in [-0.4, -0.2) is 5.91 Å². The topological polar surface area (TPSA) is 29.1 Å². The summed E-state index contributed by atoms with van der Waals surface area (Å²) in [7, 11) is 0. The molecule has 19 heavy (non-hydrogen) atoms. The molecule has 2 aromatic rings. The number of carbonyl (C=O) groups excluding carboxylic acids is 1. The highest BCUT2D eigenvalue weighted by atomic mass is 32.1. The number of rotatable bonds is 5. The highest BCUT2D eigenvalue weighted by Gasteiger charge is 2.06. The summed E-state index contributed by atoms with van der Waals surface area (Å²) in [5, 5.41) is 6.93. The smallest absolute Gasteiger partial charge is 0.228 e. The molecule has 1 amide bonds. The number of carbonyl (C=O) groups is 1. The highest BCUT2D eigenvalue weighted by Crippen LogP contribution is 2.20. The molecule has 0 radical (unpaired) electrons. The van der Waals surface area contributed by atoms with E-state index in [1.807, 2.05) is 29.0 Å². The van der Waals surface area contributed by atoms with E-state index in [2.05, 4.69) is 31.3 Å². The Bertz CT molecular complexity index is 516. The fourth-order valence-electron chi connectivity index (χ4n) is 1.91. The van der Waals surface area contributed by atoms with Crippen LogP contribution in [0, 0.1) is 0 Å². The van der Waals surface area contributed by atoms with Crippen molar-refractivity contribution in [3.05, 3.63) is 52.2 Å². The molecule has 0 unspecified atom stereocenters. The molecule has 1 N–H and O–H groups in total. The van der Waals surface area contributed by atoms with E-state index < -0.39 is 0 Å². The Hall–Kier alpha value is -1.61. The minimum atomic E-state index is 0.0367. The number of thiophene rings is 1. The molecule has 0 aliphatic carbocycles. The first kappa shape index (κ1) is 13.8. The van der Waals surface area contributed by atoms with Crippen molar-refractivity contribution in [1.82, 2.24) is 0 Å². The standard InChI is InChI=1S/C16H19NOS/c1-3-12(2)14-4-6-15(7-5-14)17-16(18)10-13-8-9-19-11-13/h4-9,11-12H,3,10H2,1-2H3,(H,17,18)/t12-/m0/s1. The summed E-state index contributed by atoms with van der Waals surface area (Å²) in [5.41, 5.74) is 3.25. The molecule has 0 aliphatic rings. The van der Waals surface area contributed by atoms with E-state index in [4.69, 9.17) is 0 Å². The van der Waals surface area contributed by atoms with Crippen molar-refractivity contribution in [3.63, 3.8) is 0 Å². The van der Waals surface area contributed by atoms with Gasteiger partial charge in [-0.2, -0.15) is 11.3 Å². The van der Waals surface area contributed by atoms with Crippen LogP contribution in [-0.2, 0) is 11.2 Å². The van der Waals surface area contributed by atoms with Gasteiger partial charge in [0, 0.05) is 5.69 Å². The second kappa shape index (κ2) is 6.53. The van der Waals surface area contributed by atoms with Gasteiger partial charge in [0.25, 0.3) is 0 Å². The molecule has 100 valence electrons. The van der Waals surface area contributed by atoms with Crippen molar-refractivity contribution < 1.29 is 4.79 Å². The average molecular weight is 273 g/mol. The fourth-order valence-corrected chi connectivity index (χ4v) is 2.58. The van der Waals surface area contributed by atoms with Crippen LogP contribution in [0.3, 0.4) is 0 Å². The lowest BCUT2D eigenvalue weighted by Gasteiger charge is -2.10. The maximum Gasteiger partial charge on any atom is 0.228 e. The molecule has 1 aromatic carbocycles. The van der Waals surface area contributed by atoms with Crippen LogP contribution in [0.15, 0.2) is 41.1 Å². The highest BCUT2D eigenvalue weighted by molar-refractivity contribution is 7.08. The first-order chi connectivity index (χ1) is 9.19. The number of benzene rings is 1. The van der Waals surface area contributed by atoms with Gasteiger partial charge in [0.05, 0.1) is 6.42 Å². The Morgan fingerprint density at radius 3 is 2.58 bits per heavy atom. The minimum absolute atomic E-state index is 0.0367. The van der Waals surface area contributed by atoms with Gasteiger partial charge in [-0.05, 0) is 52.4 Å². The van der Waals surface area contributed by atoms with E-state index in [0.717, 1.165) is 17.7 Å². The van der Waals surface area contributed by atoms with Crippen molar-refractivity contribution in [2.45, 2.75) is 32.6 Å². The van der Waals surface area contributed by atoms with E-state index >= 15 is 0 Å². The first-order valence-electron chi connectivity index (χ1n) is 6.60. The molecular weight excluding hydrogens is 254 g/mol. The van der Waals surface area contributed by atoms with E-state index in [1.54, 1.807) is 11.3 Å². The Morgan fingerprint density at radius 1 is 1.26 bits per heavy atom. The van der Waals surface area contributed by atoms with Gasteiger partial charge in [0.2, 0.25) is 5.91 Å². The summed E-state index contributed by atoms with van der Waals surface area (Å²) in [6.45, 7) is 4.39. The number of hydrogen-bond acceptors (Lipinski definition) is 2. The summed E-state index contributed by atoms with van der Waals surface area (Å²) in [6.07, 6.45) is 1.57. The van der Waals surface area contributed by atoms with E-state index in [1.165, 1.54) is 5.56 Å². The lowest BCUT2D eigenvalue weighted by Crippen LogP contribution is -2.13. The summed E-state index contributed by atoms with van der Waals surface area (Å²) in [4.78, 5) is 11.8. The molecule has 1 aromatic heterocycles. The van der Waals surface area contributed by atoms with Gasteiger partial charge in [0.1, 0.15) is 0 Å². The Morgan fingerprint density at radius 2 is 2.00 bits per heavy atom. The van der Waals surface area contributed by atoms with Gasteiger partial charge in [0.15, 0.2) is 0 Å². The summed E-state index contributed by atoms with van der Waals surface area (Å²) in [5.74, 6) is 0.602. The molecule has 0 bridgehead atoms. The van der Waals surface area contributed by atoms with E-state index in [9.17, 15) is 4.79 Å². The van der Waals surface area contributed by atoms with Crippen LogP contribution in [0.1, 0.15) is 37.3 Å². The molecule has 3 heteroatoms. The molecule has 0 spiro atoms. The molecule has 1 heterocycles. The molecule has 0 saturated carbocycles. The van der Waals surface area contributed by atoms with Crippen LogP contribution in [0.4, 0.5) is 5.69 Å². The first-order valence-corrected chi connectivity index (χ1v) is 7.54. The quantitative estimate of drug-likeness (QED) is 0.857. The summed E-state index contributed by atoms with van der Waals surface area (Å²) < 4.78 is 0. The third kappa shape index (κ3) is 3.93. The predicted octanol–water partition coefficient (Wildman–Crippen LogP) is 4.44. The maximum absolute atomic E-state index is 11.8. The average Bonchev–Trinajstić information content (AvgIpc) is 2.91. The van der Waals surface area contributed by atoms with Crippen molar-refractivity contribution in [2.75, 3.05) is 5.32 Å². The summed E-state index contributed by atoms with van der Waals surface area (Å²) in [6, 6.07) is 10.1. The Labute approximate surface area is 118 Å². The molecule has 0 aliphatic heterocycles. The van der Waals surface area contributed by atoms with Crippen LogP contribution in [0.2, 0.25) is 0 Å². The van der Waals surface area contributed by atoms with Crippen LogP contribution in [0.5, 0.6) is 0 Å². The van der Waals surface area contributed by atoms with Crippen LogP contribution < -0.4 is 5.32 Å². The second-order valence-corrected chi connectivity index (χ2v) is 5.57. The van der Waals surface area contributed by atoms with Crippen LogP contribution in [0.25, 0.3) is 0 Å². The van der Waals surface area contributed by atoms with Gasteiger partial charge >= 0.3 is 0 Å². The largest absolute Gasteiger partial charge is 0.326 e. The van der Waals surface area contributed by atoms with Crippen molar-refractivity contribution >= 4 is 22.9 Å². The Balaban J connectivity index is 1.94. The van der Waals surface area contributed by atoms with E-state index in [0.29, 0.717) is 12.3 Å². The minimum Gasteiger partial charge on any atom is -0.326 e. The normalized spacial score (nSPS) is 12.1. The molecule has 0 fully saturated rings. The number of hydrogen-bond donors (Lipinski definition) is 1. The van der Waals surface area contributed by atoms with Crippen molar-refractivity contribution in [2.24, 2.45) is 0 Å². The zero-order valence-electron chi connectivity index (χ0n) is 11.3. The number of nitrogens with one attached hydrogen (secondary N) is 1.